The van der Waals surface area contributed by atoms with Crippen molar-refractivity contribution in [3.8, 4) is 0 Å². The molecule has 2 fully saturated rings. The molecule has 0 aromatic carbocycles. The lowest BCUT2D eigenvalue weighted by molar-refractivity contribution is -0.138. The van der Waals surface area contributed by atoms with Crippen LogP contribution >= 0.6 is 0 Å². The molecule has 2 rings (SSSR count). The average Bonchev–Trinajstić information content (AvgIpc) is 2.78. The third kappa shape index (κ3) is 1.20. The van der Waals surface area contributed by atoms with Crippen LogP contribution in [0.25, 0.3) is 0 Å². The van der Waals surface area contributed by atoms with E-state index >= 15 is 0 Å². The summed E-state index contributed by atoms with van der Waals surface area (Å²) in [6, 6.07) is -0.348. The van der Waals surface area contributed by atoms with Crippen molar-refractivity contribution in [2.75, 3.05) is 0 Å². The maximum absolute atomic E-state index is 11.5. The molecule has 1 atom stereocenters. The Bertz CT molecular complexity index is 269. The van der Waals surface area contributed by atoms with Crippen molar-refractivity contribution >= 4 is 11.8 Å². The first-order chi connectivity index (χ1) is 6.05. The highest BCUT2D eigenvalue weighted by Crippen LogP contribution is 2.37. The summed E-state index contributed by atoms with van der Waals surface area (Å²) in [6.45, 7) is 3.85. The van der Waals surface area contributed by atoms with E-state index in [0.717, 1.165) is 12.8 Å². The second-order valence-corrected chi connectivity index (χ2v) is 4.27. The van der Waals surface area contributed by atoms with Crippen LogP contribution in [0.5, 0.6) is 0 Å². The summed E-state index contributed by atoms with van der Waals surface area (Å²) < 4.78 is 0. The zero-order valence-electron chi connectivity index (χ0n) is 7.89. The van der Waals surface area contributed by atoms with Gasteiger partial charge in [0.15, 0.2) is 0 Å². The third-order valence-corrected chi connectivity index (χ3v) is 2.78. The van der Waals surface area contributed by atoms with Crippen LogP contribution < -0.4 is 10.6 Å². The number of hydrogen-bond acceptors (Lipinski definition) is 2. The molecular formula is C9H14N2O2. The van der Waals surface area contributed by atoms with E-state index in [2.05, 4.69) is 10.6 Å². The predicted molar refractivity (Wildman–Crippen MR) is 46.9 cm³/mol. The van der Waals surface area contributed by atoms with Crippen LogP contribution in [0, 0.1) is 5.92 Å². The zero-order chi connectivity index (χ0) is 9.64. The summed E-state index contributed by atoms with van der Waals surface area (Å²) in [5, 5.41) is 5.56. The van der Waals surface area contributed by atoms with E-state index in [9.17, 15) is 9.59 Å². The summed E-state index contributed by atoms with van der Waals surface area (Å²) in [5.74, 6) is 0.109. The SMILES string of the molecule is CC(C)[C@H]1NC(=O)C2(CC2)NC1=O. The van der Waals surface area contributed by atoms with E-state index in [4.69, 9.17) is 0 Å². The van der Waals surface area contributed by atoms with Crippen molar-refractivity contribution in [1.29, 1.82) is 0 Å². The summed E-state index contributed by atoms with van der Waals surface area (Å²) in [7, 11) is 0. The number of nitrogens with one attached hydrogen (secondary N) is 2. The lowest BCUT2D eigenvalue weighted by atomic mass is 9.99. The van der Waals surface area contributed by atoms with Crippen molar-refractivity contribution in [2.45, 2.75) is 38.3 Å². The highest BCUT2D eigenvalue weighted by Gasteiger charge is 2.55. The van der Waals surface area contributed by atoms with Crippen molar-refractivity contribution < 1.29 is 9.59 Å². The molecule has 2 amide bonds. The first-order valence-electron chi connectivity index (χ1n) is 4.68. The number of carbonyl (C=O) groups excluding carboxylic acids is 2. The van der Waals surface area contributed by atoms with Gasteiger partial charge < -0.3 is 10.6 Å². The molecule has 0 radical (unpaired) electrons. The number of rotatable bonds is 1. The van der Waals surface area contributed by atoms with Crippen molar-refractivity contribution in [1.82, 2.24) is 10.6 Å². The standard InChI is InChI=1S/C9H14N2O2/c1-5(2)6-7(12)11-9(3-4-9)8(13)10-6/h5-6H,3-4H2,1-2H3,(H,10,13)(H,11,12)/t6-/m1/s1. The van der Waals surface area contributed by atoms with Crippen molar-refractivity contribution in [2.24, 2.45) is 5.92 Å². The molecule has 1 heterocycles. The van der Waals surface area contributed by atoms with E-state index in [1.807, 2.05) is 13.8 Å². The molecule has 0 aromatic heterocycles. The maximum atomic E-state index is 11.5. The lowest BCUT2D eigenvalue weighted by Gasteiger charge is -2.31. The molecule has 1 spiro atoms. The van der Waals surface area contributed by atoms with Gasteiger partial charge in [-0.05, 0) is 18.8 Å². The minimum absolute atomic E-state index is 0.00852. The Kier molecular flexibility index (Phi) is 1.62. The van der Waals surface area contributed by atoms with Gasteiger partial charge in [0.2, 0.25) is 11.8 Å². The third-order valence-electron chi connectivity index (χ3n) is 2.78. The number of piperazine rings is 1. The Hall–Kier alpha value is -1.06. The quantitative estimate of drug-likeness (QED) is 0.589. The van der Waals surface area contributed by atoms with Gasteiger partial charge in [0.25, 0.3) is 0 Å². The fourth-order valence-corrected chi connectivity index (χ4v) is 1.66. The van der Waals surface area contributed by atoms with Crippen LogP contribution in [0.1, 0.15) is 26.7 Å². The Balaban J connectivity index is 2.13. The Morgan fingerprint density at radius 3 is 2.46 bits per heavy atom. The molecule has 1 aliphatic carbocycles. The van der Waals surface area contributed by atoms with Crippen LogP contribution in [0.15, 0.2) is 0 Å². The second-order valence-electron chi connectivity index (χ2n) is 4.27. The molecule has 4 nitrogen and oxygen atoms in total. The normalized spacial score (nSPS) is 30.2. The highest BCUT2D eigenvalue weighted by atomic mass is 16.2. The minimum atomic E-state index is -0.525. The maximum Gasteiger partial charge on any atom is 0.246 e. The smallest absolute Gasteiger partial charge is 0.246 e. The van der Waals surface area contributed by atoms with Gasteiger partial charge in [0.1, 0.15) is 11.6 Å². The van der Waals surface area contributed by atoms with Gasteiger partial charge in [0.05, 0.1) is 0 Å². The molecule has 2 N–H and O–H groups in total. The molecule has 0 bridgehead atoms. The largest absolute Gasteiger partial charge is 0.342 e. The Morgan fingerprint density at radius 1 is 1.38 bits per heavy atom. The van der Waals surface area contributed by atoms with Gasteiger partial charge in [0, 0.05) is 0 Å². The Morgan fingerprint density at radius 2 is 2.00 bits per heavy atom. The fraction of sp³-hybridized carbons (Fsp3) is 0.778. The molecule has 1 saturated carbocycles. The van der Waals surface area contributed by atoms with Crippen LogP contribution in [0.2, 0.25) is 0 Å². The van der Waals surface area contributed by atoms with E-state index < -0.39 is 5.54 Å². The lowest BCUT2D eigenvalue weighted by Crippen LogP contribution is -2.64. The van der Waals surface area contributed by atoms with E-state index in [1.54, 1.807) is 0 Å². The Labute approximate surface area is 77.1 Å². The summed E-state index contributed by atoms with van der Waals surface area (Å²) in [5.41, 5.74) is -0.525. The summed E-state index contributed by atoms with van der Waals surface area (Å²) >= 11 is 0. The second kappa shape index (κ2) is 2.47. The van der Waals surface area contributed by atoms with Gasteiger partial charge in [-0.25, -0.2) is 0 Å². The predicted octanol–water partition coefficient (Wildman–Crippen LogP) is -0.210. The van der Waals surface area contributed by atoms with Gasteiger partial charge in [-0.15, -0.1) is 0 Å². The van der Waals surface area contributed by atoms with Crippen molar-refractivity contribution in [3.63, 3.8) is 0 Å². The minimum Gasteiger partial charge on any atom is -0.342 e. The van der Waals surface area contributed by atoms with Crippen LogP contribution in [0.3, 0.4) is 0 Å². The first-order valence-corrected chi connectivity index (χ1v) is 4.68. The number of carbonyl (C=O) groups is 2. The molecular weight excluding hydrogens is 168 g/mol. The van der Waals surface area contributed by atoms with E-state index in [-0.39, 0.29) is 23.8 Å². The van der Waals surface area contributed by atoms with Gasteiger partial charge >= 0.3 is 0 Å². The average molecular weight is 182 g/mol. The number of amides is 2. The summed E-state index contributed by atoms with van der Waals surface area (Å²) in [4.78, 5) is 23.0. The van der Waals surface area contributed by atoms with Crippen LogP contribution in [0.4, 0.5) is 0 Å². The fourth-order valence-electron chi connectivity index (χ4n) is 1.66. The van der Waals surface area contributed by atoms with Crippen molar-refractivity contribution in [3.05, 3.63) is 0 Å². The number of hydrogen-bond donors (Lipinski definition) is 2. The van der Waals surface area contributed by atoms with E-state index in [1.165, 1.54) is 0 Å². The van der Waals surface area contributed by atoms with Crippen LogP contribution in [-0.4, -0.2) is 23.4 Å². The van der Waals surface area contributed by atoms with Gasteiger partial charge in [-0.1, -0.05) is 13.8 Å². The molecule has 0 unspecified atom stereocenters. The molecule has 0 aromatic rings. The highest BCUT2D eigenvalue weighted by molar-refractivity contribution is 6.01. The molecule has 4 heteroatoms. The molecule has 1 saturated heterocycles. The van der Waals surface area contributed by atoms with E-state index in [0.29, 0.717) is 0 Å². The first kappa shape index (κ1) is 8.53. The summed E-state index contributed by atoms with van der Waals surface area (Å²) in [6.07, 6.45) is 1.57. The van der Waals surface area contributed by atoms with Gasteiger partial charge in [-0.2, -0.15) is 0 Å². The monoisotopic (exact) mass is 182 g/mol. The molecule has 13 heavy (non-hydrogen) atoms. The van der Waals surface area contributed by atoms with Crippen LogP contribution in [-0.2, 0) is 9.59 Å². The molecule has 72 valence electrons. The van der Waals surface area contributed by atoms with Gasteiger partial charge in [-0.3, -0.25) is 9.59 Å². The molecule has 2 aliphatic rings. The zero-order valence-corrected chi connectivity index (χ0v) is 7.89. The topological polar surface area (TPSA) is 58.2 Å². The molecule has 1 aliphatic heterocycles.